The van der Waals surface area contributed by atoms with Crippen molar-refractivity contribution in [1.29, 1.82) is 0 Å². The summed E-state index contributed by atoms with van der Waals surface area (Å²) in [5, 5.41) is 5.42. The van der Waals surface area contributed by atoms with Crippen LogP contribution in [0.25, 0.3) is 0 Å². The van der Waals surface area contributed by atoms with E-state index in [4.69, 9.17) is 11.6 Å². The van der Waals surface area contributed by atoms with E-state index >= 15 is 0 Å². The maximum Gasteiger partial charge on any atom is 0.314 e. The van der Waals surface area contributed by atoms with Crippen LogP contribution >= 0.6 is 11.6 Å². The van der Waals surface area contributed by atoms with Crippen molar-refractivity contribution >= 4 is 17.6 Å². The van der Waals surface area contributed by atoms with E-state index < -0.39 is 0 Å². The van der Waals surface area contributed by atoms with Crippen LogP contribution in [0.15, 0.2) is 0 Å². The van der Waals surface area contributed by atoms with Gasteiger partial charge in [-0.1, -0.05) is 12.8 Å². The summed E-state index contributed by atoms with van der Waals surface area (Å²) >= 11 is 5.40. The first-order valence-corrected chi connectivity index (χ1v) is 4.94. The van der Waals surface area contributed by atoms with Gasteiger partial charge in [-0.3, -0.25) is 0 Å². The molecular formula is C8H15ClN2O. The molecule has 0 aliphatic heterocycles. The summed E-state index contributed by atoms with van der Waals surface area (Å²) in [5.74, 6) is 1.34. The highest BCUT2D eigenvalue weighted by atomic mass is 35.5. The average Bonchev–Trinajstić information content (AvgIpc) is 2.84. The summed E-state index contributed by atoms with van der Waals surface area (Å²) in [6.07, 6.45) is 3.80. The van der Waals surface area contributed by atoms with Gasteiger partial charge in [-0.15, -0.1) is 11.6 Å². The Balaban J connectivity index is 1.86. The van der Waals surface area contributed by atoms with Gasteiger partial charge in [-0.2, -0.15) is 0 Å². The Morgan fingerprint density at radius 2 is 2.00 bits per heavy atom. The maximum atomic E-state index is 10.9. The second kappa shape index (κ2) is 5.25. The lowest BCUT2D eigenvalue weighted by atomic mass is 10.3. The summed E-state index contributed by atoms with van der Waals surface area (Å²) in [7, 11) is 0. The van der Waals surface area contributed by atoms with Gasteiger partial charge in [0.05, 0.1) is 0 Å². The smallest absolute Gasteiger partial charge is 0.314 e. The fourth-order valence-electron chi connectivity index (χ4n) is 1.02. The van der Waals surface area contributed by atoms with Crippen LogP contribution in [0.4, 0.5) is 4.79 Å². The highest BCUT2D eigenvalue weighted by Gasteiger charge is 2.20. The number of hydrogen-bond acceptors (Lipinski definition) is 1. The molecule has 0 radical (unpaired) electrons. The molecule has 1 aliphatic rings. The molecular weight excluding hydrogens is 176 g/mol. The zero-order chi connectivity index (χ0) is 8.81. The summed E-state index contributed by atoms with van der Waals surface area (Å²) in [5.41, 5.74) is 0. The van der Waals surface area contributed by atoms with Crippen molar-refractivity contribution in [2.75, 3.05) is 19.0 Å². The van der Waals surface area contributed by atoms with E-state index in [9.17, 15) is 4.79 Å². The lowest BCUT2D eigenvalue weighted by Gasteiger charge is -2.04. The van der Waals surface area contributed by atoms with Crippen LogP contribution in [0.5, 0.6) is 0 Å². The third kappa shape index (κ3) is 4.44. The average molecular weight is 191 g/mol. The number of urea groups is 1. The number of carbonyl (C=O) groups excluding carboxylic acids is 1. The van der Waals surface area contributed by atoms with Gasteiger partial charge < -0.3 is 10.6 Å². The van der Waals surface area contributed by atoms with Crippen molar-refractivity contribution in [2.45, 2.75) is 19.3 Å². The van der Waals surface area contributed by atoms with Crippen LogP contribution < -0.4 is 10.6 Å². The predicted octanol–water partition coefficient (Wildman–Crippen LogP) is 1.32. The number of amides is 2. The number of alkyl halides is 1. The molecule has 0 unspecified atom stereocenters. The standard InChI is InChI=1S/C8H15ClN2O/c9-4-6-11-8(12)10-5-3-7-1-2-7/h7H,1-6H2,(H2,10,11,12). The van der Waals surface area contributed by atoms with E-state index in [0.29, 0.717) is 12.4 Å². The first-order chi connectivity index (χ1) is 5.83. The van der Waals surface area contributed by atoms with Crippen LogP contribution in [0, 0.1) is 5.92 Å². The van der Waals surface area contributed by atoms with Gasteiger partial charge in [0.1, 0.15) is 0 Å². The van der Waals surface area contributed by atoms with E-state index in [1.807, 2.05) is 0 Å². The molecule has 0 atom stereocenters. The Bertz CT molecular complexity index is 148. The van der Waals surface area contributed by atoms with Gasteiger partial charge in [-0.05, 0) is 12.3 Å². The van der Waals surface area contributed by atoms with Crippen LogP contribution in [-0.2, 0) is 0 Å². The van der Waals surface area contributed by atoms with Crippen molar-refractivity contribution in [2.24, 2.45) is 5.92 Å². The second-order valence-corrected chi connectivity index (χ2v) is 3.48. The molecule has 1 saturated carbocycles. The minimum Gasteiger partial charge on any atom is -0.338 e. The zero-order valence-corrected chi connectivity index (χ0v) is 7.86. The fraction of sp³-hybridized carbons (Fsp3) is 0.875. The number of rotatable bonds is 5. The quantitative estimate of drug-likeness (QED) is 0.631. The first kappa shape index (κ1) is 9.65. The molecule has 1 rings (SSSR count). The highest BCUT2D eigenvalue weighted by molar-refractivity contribution is 6.18. The maximum absolute atomic E-state index is 10.9. The Labute approximate surface area is 77.9 Å². The Morgan fingerprint density at radius 3 is 2.58 bits per heavy atom. The van der Waals surface area contributed by atoms with Gasteiger partial charge in [0.2, 0.25) is 0 Å². The Hall–Kier alpha value is -0.440. The molecule has 4 heteroatoms. The van der Waals surface area contributed by atoms with E-state index in [1.165, 1.54) is 12.8 Å². The summed E-state index contributed by atoms with van der Waals surface area (Å²) < 4.78 is 0. The molecule has 1 aliphatic carbocycles. The van der Waals surface area contributed by atoms with Crippen molar-refractivity contribution in [1.82, 2.24) is 10.6 Å². The molecule has 0 aromatic rings. The number of hydrogen-bond donors (Lipinski definition) is 2. The molecule has 3 nitrogen and oxygen atoms in total. The van der Waals surface area contributed by atoms with Gasteiger partial charge in [0.15, 0.2) is 0 Å². The minimum atomic E-state index is -0.101. The largest absolute Gasteiger partial charge is 0.338 e. The molecule has 0 heterocycles. The lowest BCUT2D eigenvalue weighted by molar-refractivity contribution is 0.241. The van der Waals surface area contributed by atoms with E-state index in [-0.39, 0.29) is 6.03 Å². The molecule has 0 bridgehead atoms. The van der Waals surface area contributed by atoms with Crippen molar-refractivity contribution < 1.29 is 4.79 Å². The molecule has 0 saturated heterocycles. The van der Waals surface area contributed by atoms with Gasteiger partial charge in [0, 0.05) is 19.0 Å². The summed E-state index contributed by atoms with van der Waals surface area (Å²) in [4.78, 5) is 10.9. The van der Waals surface area contributed by atoms with Gasteiger partial charge in [-0.25, -0.2) is 4.79 Å². The Morgan fingerprint density at radius 1 is 1.33 bits per heavy atom. The summed E-state index contributed by atoms with van der Waals surface area (Å²) in [6.45, 7) is 1.33. The fourth-order valence-corrected chi connectivity index (χ4v) is 1.11. The molecule has 0 aromatic heterocycles. The number of carbonyl (C=O) groups is 1. The number of halogens is 1. The highest BCUT2D eigenvalue weighted by Crippen LogP contribution is 2.31. The molecule has 12 heavy (non-hydrogen) atoms. The monoisotopic (exact) mass is 190 g/mol. The van der Waals surface area contributed by atoms with Crippen LogP contribution in [-0.4, -0.2) is 25.0 Å². The van der Waals surface area contributed by atoms with E-state index in [2.05, 4.69) is 10.6 Å². The van der Waals surface area contributed by atoms with E-state index in [0.717, 1.165) is 18.9 Å². The SMILES string of the molecule is O=C(NCCCl)NCCC1CC1. The van der Waals surface area contributed by atoms with Crippen LogP contribution in [0.1, 0.15) is 19.3 Å². The first-order valence-electron chi connectivity index (χ1n) is 4.40. The molecule has 70 valence electrons. The minimum absolute atomic E-state index is 0.101. The van der Waals surface area contributed by atoms with Gasteiger partial charge >= 0.3 is 6.03 Å². The molecule has 2 amide bonds. The zero-order valence-electron chi connectivity index (χ0n) is 7.11. The molecule has 2 N–H and O–H groups in total. The lowest BCUT2D eigenvalue weighted by Crippen LogP contribution is -2.37. The normalized spacial score (nSPS) is 15.8. The number of nitrogens with one attached hydrogen (secondary N) is 2. The van der Waals surface area contributed by atoms with Crippen LogP contribution in [0.3, 0.4) is 0 Å². The van der Waals surface area contributed by atoms with Crippen LogP contribution in [0.2, 0.25) is 0 Å². The van der Waals surface area contributed by atoms with Gasteiger partial charge in [0.25, 0.3) is 0 Å². The van der Waals surface area contributed by atoms with E-state index in [1.54, 1.807) is 0 Å². The predicted molar refractivity (Wildman–Crippen MR) is 49.5 cm³/mol. The van der Waals surface area contributed by atoms with Crippen molar-refractivity contribution in [3.05, 3.63) is 0 Å². The third-order valence-electron chi connectivity index (χ3n) is 1.92. The van der Waals surface area contributed by atoms with Crippen molar-refractivity contribution in [3.8, 4) is 0 Å². The molecule has 0 spiro atoms. The third-order valence-corrected chi connectivity index (χ3v) is 2.10. The topological polar surface area (TPSA) is 41.1 Å². The van der Waals surface area contributed by atoms with Crippen molar-refractivity contribution in [3.63, 3.8) is 0 Å². The second-order valence-electron chi connectivity index (χ2n) is 3.10. The summed E-state index contributed by atoms with van der Waals surface area (Å²) in [6, 6.07) is -0.101. The Kier molecular flexibility index (Phi) is 4.22. The molecule has 1 fully saturated rings. The molecule has 0 aromatic carbocycles.